The average molecular weight is 537 g/mol. The molecule has 200 valence electrons. The van der Waals surface area contributed by atoms with Crippen molar-refractivity contribution in [2.24, 2.45) is 4.99 Å². The second-order valence-corrected chi connectivity index (χ2v) is 10.6. The van der Waals surface area contributed by atoms with E-state index in [1.807, 2.05) is 54.6 Å². The van der Waals surface area contributed by atoms with Gasteiger partial charge >= 0.3 is 0 Å². The van der Waals surface area contributed by atoms with E-state index >= 15 is 0 Å². The second-order valence-electron chi connectivity index (χ2n) is 10.6. The van der Waals surface area contributed by atoms with Gasteiger partial charge in [-0.3, -0.25) is 14.6 Å². The molecule has 6 rings (SSSR count). The van der Waals surface area contributed by atoms with Crippen LogP contribution in [0.15, 0.2) is 124 Å². The Morgan fingerprint density at radius 1 is 0.659 bits per heavy atom. The molecule has 5 heteroatoms. The van der Waals surface area contributed by atoms with Gasteiger partial charge in [-0.1, -0.05) is 80.6 Å². The smallest absolute Gasteiger partial charge is 0.268 e. The molecule has 1 N–H and O–H groups in total. The van der Waals surface area contributed by atoms with Crippen molar-refractivity contribution in [2.45, 2.75) is 19.3 Å². The van der Waals surface area contributed by atoms with Crippen molar-refractivity contribution in [3.63, 3.8) is 0 Å². The molecule has 5 aromatic rings. The molecular weight excluding hydrogens is 508 g/mol. The van der Waals surface area contributed by atoms with Gasteiger partial charge in [0.2, 0.25) is 5.43 Å². The molecular formula is C36H28N2O3. The Morgan fingerprint density at radius 2 is 1.22 bits per heavy atom. The molecule has 1 heterocycles. The number of hydrogen-bond donors (Lipinski definition) is 1. The van der Waals surface area contributed by atoms with E-state index in [4.69, 9.17) is 4.99 Å². The Balaban J connectivity index is 1.22. The summed E-state index contributed by atoms with van der Waals surface area (Å²) in [4.78, 5) is 30.0. The third kappa shape index (κ3) is 4.83. The van der Waals surface area contributed by atoms with Crippen LogP contribution in [0.4, 0.5) is 22.7 Å². The molecule has 0 bridgehead atoms. The molecule has 0 saturated heterocycles. The van der Waals surface area contributed by atoms with Gasteiger partial charge in [0.25, 0.3) is 5.43 Å². The fourth-order valence-electron chi connectivity index (χ4n) is 5.15. The largest absolute Gasteiger partial charge is 0.504 e. The van der Waals surface area contributed by atoms with Crippen LogP contribution in [0.5, 0.6) is 5.75 Å². The molecule has 1 aliphatic heterocycles. The van der Waals surface area contributed by atoms with Crippen molar-refractivity contribution in [1.82, 2.24) is 0 Å². The highest BCUT2D eigenvalue weighted by Crippen LogP contribution is 2.41. The molecule has 0 amide bonds. The zero-order valence-electron chi connectivity index (χ0n) is 22.8. The molecule has 0 aromatic heterocycles. The number of fused-ring (bicyclic) bond motifs is 1. The molecule has 5 nitrogen and oxygen atoms in total. The van der Waals surface area contributed by atoms with Crippen LogP contribution in [-0.2, 0) is 5.41 Å². The van der Waals surface area contributed by atoms with Crippen LogP contribution in [0, 0.1) is 0 Å². The minimum Gasteiger partial charge on any atom is -0.504 e. The molecule has 0 saturated carbocycles. The van der Waals surface area contributed by atoms with Gasteiger partial charge in [-0.05, 0) is 77.4 Å². The molecule has 1 aliphatic rings. The maximum absolute atomic E-state index is 11.7. The Hall–Kier alpha value is -5.29. The average Bonchev–Trinajstić information content (AvgIpc) is 3.26. The van der Waals surface area contributed by atoms with Crippen molar-refractivity contribution in [1.29, 1.82) is 0 Å². The highest BCUT2D eigenvalue weighted by Gasteiger charge is 2.33. The summed E-state index contributed by atoms with van der Waals surface area (Å²) >= 11 is 0. The number of anilines is 3. The molecule has 0 fully saturated rings. The molecule has 41 heavy (non-hydrogen) atoms. The van der Waals surface area contributed by atoms with Crippen LogP contribution in [0.2, 0.25) is 0 Å². The summed E-state index contributed by atoms with van der Waals surface area (Å²) < 4.78 is 0. The van der Waals surface area contributed by atoms with Gasteiger partial charge in [0.1, 0.15) is 0 Å². The van der Waals surface area contributed by atoms with E-state index < -0.39 is 16.6 Å². The van der Waals surface area contributed by atoms with Gasteiger partial charge in [-0.15, -0.1) is 0 Å². The lowest BCUT2D eigenvalue weighted by Crippen LogP contribution is -2.32. The first-order chi connectivity index (χ1) is 19.8. The Labute approximate surface area is 238 Å². The lowest BCUT2D eigenvalue weighted by Gasteiger charge is -2.25. The van der Waals surface area contributed by atoms with Gasteiger partial charge in [-0.25, -0.2) is 0 Å². The van der Waals surface area contributed by atoms with E-state index in [1.54, 1.807) is 6.08 Å². The standard InChI is InChI=1S/C36H28N2O3/c1-36(2)30-23-25(15-20-29-33(39)35(41)34(29)40)16-21-31(30)37-32(36)22-17-24-13-18-28(19-14-24)38(26-9-5-3-6-10-26)27-11-7-4-8-12-27/h3-23,39H,1-2H3/b20-15+,22-17+. The van der Waals surface area contributed by atoms with Crippen molar-refractivity contribution in [3.8, 4) is 5.75 Å². The number of aromatic hydroxyl groups is 1. The Bertz CT molecular complexity index is 1850. The number of benzene rings is 4. The fraction of sp³-hybridized carbons (Fsp3) is 0.0833. The SMILES string of the molecule is CC1(C)C(/C=C/c2ccc(N(c3ccccc3)c3ccccc3)cc2)=Nc2ccc(/C=C/c3c(O)c(=O)c3=O)cc21. The van der Waals surface area contributed by atoms with E-state index in [9.17, 15) is 14.7 Å². The summed E-state index contributed by atoms with van der Waals surface area (Å²) in [6, 6.07) is 35.0. The summed E-state index contributed by atoms with van der Waals surface area (Å²) in [5, 5.41) is 9.63. The van der Waals surface area contributed by atoms with E-state index in [0.717, 1.165) is 45.2 Å². The van der Waals surface area contributed by atoms with Crippen LogP contribution in [-0.4, -0.2) is 10.8 Å². The van der Waals surface area contributed by atoms with Gasteiger partial charge < -0.3 is 10.0 Å². The Kier molecular flexibility index (Phi) is 6.56. The summed E-state index contributed by atoms with van der Waals surface area (Å²) in [6.45, 7) is 4.28. The van der Waals surface area contributed by atoms with Gasteiger partial charge in [-0.2, -0.15) is 0 Å². The third-order valence-corrected chi connectivity index (χ3v) is 7.55. The molecule has 5 aromatic carbocycles. The zero-order chi connectivity index (χ0) is 28.6. The minimum atomic E-state index is -0.830. The van der Waals surface area contributed by atoms with E-state index in [-0.39, 0.29) is 11.0 Å². The van der Waals surface area contributed by atoms with Gasteiger partial charge in [0, 0.05) is 22.5 Å². The lowest BCUT2D eigenvalue weighted by atomic mass is 9.80. The predicted octanol–water partition coefficient (Wildman–Crippen LogP) is 7.71. The predicted molar refractivity (Wildman–Crippen MR) is 169 cm³/mol. The van der Waals surface area contributed by atoms with Gasteiger partial charge in [0.15, 0.2) is 5.75 Å². The first kappa shape index (κ1) is 26.0. The van der Waals surface area contributed by atoms with Crippen molar-refractivity contribution in [3.05, 3.63) is 152 Å². The first-order valence-corrected chi connectivity index (χ1v) is 13.5. The van der Waals surface area contributed by atoms with Crippen LogP contribution in [0.3, 0.4) is 0 Å². The molecule has 0 atom stereocenters. The summed E-state index contributed by atoms with van der Waals surface area (Å²) in [5.74, 6) is -0.468. The van der Waals surface area contributed by atoms with Crippen molar-refractivity contribution in [2.75, 3.05) is 4.90 Å². The van der Waals surface area contributed by atoms with Crippen molar-refractivity contribution < 1.29 is 5.11 Å². The summed E-state index contributed by atoms with van der Waals surface area (Å²) in [7, 11) is 0. The molecule has 0 spiro atoms. The topological polar surface area (TPSA) is 70.0 Å². The monoisotopic (exact) mass is 536 g/mol. The number of para-hydroxylation sites is 2. The van der Waals surface area contributed by atoms with Crippen LogP contribution in [0.25, 0.3) is 18.2 Å². The number of rotatable bonds is 7. The first-order valence-electron chi connectivity index (χ1n) is 13.5. The van der Waals surface area contributed by atoms with Gasteiger partial charge in [0.05, 0.1) is 17.0 Å². The highest BCUT2D eigenvalue weighted by atomic mass is 16.3. The number of aliphatic imine (C=N–C) groups is 1. The molecule has 0 radical (unpaired) electrons. The molecule has 0 aliphatic carbocycles. The van der Waals surface area contributed by atoms with E-state index in [0.29, 0.717) is 0 Å². The van der Waals surface area contributed by atoms with Crippen LogP contribution < -0.4 is 15.8 Å². The van der Waals surface area contributed by atoms with Crippen LogP contribution >= 0.6 is 0 Å². The maximum Gasteiger partial charge on any atom is 0.268 e. The normalized spacial score (nSPS) is 14.0. The van der Waals surface area contributed by atoms with Crippen LogP contribution in [0.1, 0.15) is 36.1 Å². The minimum absolute atomic E-state index is 0.0521. The van der Waals surface area contributed by atoms with Crippen molar-refractivity contribution >= 4 is 46.7 Å². The highest BCUT2D eigenvalue weighted by molar-refractivity contribution is 6.10. The second kappa shape index (κ2) is 10.4. The summed E-state index contributed by atoms with van der Waals surface area (Å²) in [5.41, 5.74) is 6.37. The number of hydrogen-bond acceptors (Lipinski definition) is 5. The number of nitrogens with zero attached hydrogens (tertiary/aromatic N) is 2. The Morgan fingerprint density at radius 3 is 1.83 bits per heavy atom. The summed E-state index contributed by atoms with van der Waals surface area (Å²) in [6.07, 6.45) is 7.37. The fourth-order valence-corrected chi connectivity index (χ4v) is 5.15. The zero-order valence-corrected chi connectivity index (χ0v) is 22.8. The lowest BCUT2D eigenvalue weighted by molar-refractivity contribution is 0.461. The third-order valence-electron chi connectivity index (χ3n) is 7.55. The molecule has 0 unspecified atom stereocenters. The maximum atomic E-state index is 11.7. The van der Waals surface area contributed by atoms with E-state index in [1.165, 1.54) is 6.08 Å². The van der Waals surface area contributed by atoms with E-state index in [2.05, 4.69) is 79.4 Å². The number of allylic oxidation sites excluding steroid dienone is 1. The quantitative estimate of drug-likeness (QED) is 0.216.